The minimum absolute atomic E-state index is 0.136. The molecule has 1 saturated heterocycles. The van der Waals surface area contributed by atoms with E-state index in [-0.39, 0.29) is 18.4 Å². The summed E-state index contributed by atoms with van der Waals surface area (Å²) >= 11 is 0. The number of benzene rings is 1. The summed E-state index contributed by atoms with van der Waals surface area (Å²) in [6.07, 6.45) is 4.11. The zero-order chi connectivity index (χ0) is 19.3. The lowest BCUT2D eigenvalue weighted by Crippen LogP contribution is -2.49. The van der Waals surface area contributed by atoms with Gasteiger partial charge in [-0.05, 0) is 50.3 Å². The van der Waals surface area contributed by atoms with Gasteiger partial charge in [0, 0.05) is 31.7 Å². The van der Waals surface area contributed by atoms with Crippen LogP contribution in [0.4, 0.5) is 4.39 Å². The first-order valence-corrected chi connectivity index (χ1v) is 9.51. The Kier molecular flexibility index (Phi) is 6.07. The highest BCUT2D eigenvalue weighted by atomic mass is 19.1. The van der Waals surface area contributed by atoms with Gasteiger partial charge in [0.2, 0.25) is 5.91 Å². The van der Waals surface area contributed by atoms with Gasteiger partial charge in [0.1, 0.15) is 11.4 Å². The minimum Gasteiger partial charge on any atom is -0.337 e. The fraction of sp³-hybridized carbons (Fsp3) is 0.550. The molecule has 7 heteroatoms. The summed E-state index contributed by atoms with van der Waals surface area (Å²) in [4.78, 5) is 28.7. The lowest BCUT2D eigenvalue weighted by molar-refractivity contribution is -0.123. The molecule has 0 aromatic heterocycles. The topological polar surface area (TPSA) is 76.4 Å². The molecule has 1 heterocycles. The number of hydrogen-bond donors (Lipinski definition) is 1. The Labute approximate surface area is 158 Å². The number of amides is 2. The summed E-state index contributed by atoms with van der Waals surface area (Å²) in [5.41, 5.74) is -0.360. The summed E-state index contributed by atoms with van der Waals surface area (Å²) < 4.78 is 13.4. The molecule has 2 fully saturated rings. The summed E-state index contributed by atoms with van der Waals surface area (Å²) in [5, 5.41) is 12.3. The molecule has 3 rings (SSSR count). The van der Waals surface area contributed by atoms with Gasteiger partial charge < -0.3 is 10.2 Å². The van der Waals surface area contributed by atoms with Crippen molar-refractivity contribution in [3.8, 4) is 6.07 Å². The molecule has 0 bridgehead atoms. The molecule has 27 heavy (non-hydrogen) atoms. The monoisotopic (exact) mass is 372 g/mol. The van der Waals surface area contributed by atoms with Gasteiger partial charge in [0.05, 0.1) is 12.6 Å². The highest BCUT2D eigenvalue weighted by Gasteiger charge is 2.35. The summed E-state index contributed by atoms with van der Waals surface area (Å²) in [5.74, 6) is -0.745. The fourth-order valence-electron chi connectivity index (χ4n) is 3.89. The lowest BCUT2D eigenvalue weighted by atomic mass is 10.00. The molecule has 1 aliphatic heterocycles. The number of nitrogens with one attached hydrogen (secondary N) is 1. The third kappa shape index (κ3) is 4.83. The van der Waals surface area contributed by atoms with E-state index < -0.39 is 11.4 Å². The Morgan fingerprint density at radius 3 is 2.63 bits per heavy atom. The number of hydrogen-bond acceptors (Lipinski definition) is 4. The van der Waals surface area contributed by atoms with Crippen molar-refractivity contribution in [1.82, 2.24) is 15.1 Å². The molecule has 0 spiro atoms. The van der Waals surface area contributed by atoms with Crippen LogP contribution in [0.1, 0.15) is 42.5 Å². The van der Waals surface area contributed by atoms with E-state index in [1.807, 2.05) is 4.90 Å². The van der Waals surface area contributed by atoms with Crippen molar-refractivity contribution < 1.29 is 14.0 Å². The maximum atomic E-state index is 13.4. The van der Waals surface area contributed by atoms with Gasteiger partial charge in [-0.25, -0.2) is 4.39 Å². The van der Waals surface area contributed by atoms with Crippen LogP contribution in [0.5, 0.6) is 0 Å². The molecule has 0 unspecified atom stereocenters. The Balaban J connectivity index is 1.53. The van der Waals surface area contributed by atoms with E-state index >= 15 is 0 Å². The van der Waals surface area contributed by atoms with Crippen molar-refractivity contribution in [3.63, 3.8) is 0 Å². The fourth-order valence-corrected chi connectivity index (χ4v) is 3.89. The number of carbonyl (C=O) groups is 2. The minimum atomic E-state index is -0.706. The van der Waals surface area contributed by atoms with Gasteiger partial charge in [-0.3, -0.25) is 14.5 Å². The van der Waals surface area contributed by atoms with Crippen LogP contribution in [0.2, 0.25) is 0 Å². The summed E-state index contributed by atoms with van der Waals surface area (Å²) in [7, 11) is 0. The molecular weight excluding hydrogens is 347 g/mol. The van der Waals surface area contributed by atoms with Crippen molar-refractivity contribution in [2.45, 2.75) is 37.6 Å². The Hall–Kier alpha value is -2.46. The van der Waals surface area contributed by atoms with Gasteiger partial charge in [0.25, 0.3) is 5.91 Å². The van der Waals surface area contributed by atoms with Crippen molar-refractivity contribution in [3.05, 3.63) is 35.6 Å². The summed E-state index contributed by atoms with van der Waals surface area (Å²) in [6, 6.07) is 7.99. The standard InChI is InChI=1S/C20H25FN4O2/c21-17-6-3-5-16(13-17)19(27)25-10-4-9-24(11-12-25)14-18(26)23-20(15-22)7-1-2-8-20/h3,5-6,13H,1-2,4,7-12,14H2,(H,23,26). The molecule has 0 radical (unpaired) electrons. The highest BCUT2D eigenvalue weighted by Crippen LogP contribution is 2.28. The second kappa shape index (κ2) is 8.49. The SMILES string of the molecule is N#CC1(NC(=O)CN2CCCN(C(=O)c3cccc(F)c3)CC2)CCCC1. The molecule has 0 atom stereocenters. The molecule has 1 aromatic carbocycles. The van der Waals surface area contributed by atoms with Crippen molar-refractivity contribution >= 4 is 11.8 Å². The average Bonchev–Trinajstić information content (AvgIpc) is 3.00. The number of halogens is 1. The van der Waals surface area contributed by atoms with E-state index in [0.717, 1.165) is 19.3 Å². The van der Waals surface area contributed by atoms with Crippen LogP contribution >= 0.6 is 0 Å². The van der Waals surface area contributed by atoms with Gasteiger partial charge >= 0.3 is 0 Å². The van der Waals surface area contributed by atoms with Gasteiger partial charge in [-0.15, -0.1) is 0 Å². The molecular formula is C20H25FN4O2. The van der Waals surface area contributed by atoms with Crippen molar-refractivity contribution in [1.29, 1.82) is 5.26 Å². The smallest absolute Gasteiger partial charge is 0.254 e. The quantitative estimate of drug-likeness (QED) is 0.876. The summed E-state index contributed by atoms with van der Waals surface area (Å²) in [6.45, 7) is 2.58. The average molecular weight is 372 g/mol. The first-order valence-electron chi connectivity index (χ1n) is 9.51. The van der Waals surface area contributed by atoms with Crippen LogP contribution in [-0.4, -0.2) is 59.9 Å². The Morgan fingerprint density at radius 2 is 1.93 bits per heavy atom. The maximum absolute atomic E-state index is 13.4. The largest absolute Gasteiger partial charge is 0.337 e. The van der Waals surface area contributed by atoms with Crippen LogP contribution < -0.4 is 5.32 Å². The maximum Gasteiger partial charge on any atom is 0.254 e. The molecule has 2 amide bonds. The predicted molar refractivity (Wildman–Crippen MR) is 98.3 cm³/mol. The first-order chi connectivity index (χ1) is 13.0. The Morgan fingerprint density at radius 1 is 1.15 bits per heavy atom. The lowest BCUT2D eigenvalue weighted by Gasteiger charge is -2.25. The van der Waals surface area contributed by atoms with Crippen LogP contribution in [0.15, 0.2) is 24.3 Å². The first kappa shape index (κ1) is 19.3. The zero-order valence-electron chi connectivity index (χ0n) is 15.4. The molecule has 1 aromatic rings. The van der Waals surface area contributed by atoms with Gasteiger partial charge in [0.15, 0.2) is 0 Å². The normalized spacial score (nSPS) is 19.9. The zero-order valence-corrected chi connectivity index (χ0v) is 15.4. The van der Waals surface area contributed by atoms with Crippen molar-refractivity contribution in [2.75, 3.05) is 32.7 Å². The van der Waals surface area contributed by atoms with E-state index in [1.165, 1.54) is 18.2 Å². The molecule has 1 aliphatic carbocycles. The van der Waals surface area contributed by atoms with E-state index in [2.05, 4.69) is 11.4 Å². The molecule has 6 nitrogen and oxygen atoms in total. The molecule has 1 N–H and O–H groups in total. The molecule has 1 saturated carbocycles. The van der Waals surface area contributed by atoms with Gasteiger partial charge in [-0.2, -0.15) is 5.26 Å². The van der Waals surface area contributed by atoms with Crippen LogP contribution in [0, 0.1) is 17.1 Å². The third-order valence-electron chi connectivity index (χ3n) is 5.36. The highest BCUT2D eigenvalue weighted by molar-refractivity contribution is 5.94. The number of nitrogens with zero attached hydrogens (tertiary/aromatic N) is 3. The number of rotatable bonds is 4. The van der Waals surface area contributed by atoms with Crippen LogP contribution in [0.3, 0.4) is 0 Å². The predicted octanol–water partition coefficient (Wildman–Crippen LogP) is 1.93. The van der Waals surface area contributed by atoms with E-state index in [1.54, 1.807) is 11.0 Å². The molecule has 144 valence electrons. The second-order valence-electron chi connectivity index (χ2n) is 7.38. The Bertz CT molecular complexity index is 740. The second-order valence-corrected chi connectivity index (χ2v) is 7.38. The van der Waals surface area contributed by atoms with Gasteiger partial charge in [-0.1, -0.05) is 6.07 Å². The number of nitriles is 1. The number of carbonyl (C=O) groups excluding carboxylic acids is 2. The molecule has 2 aliphatic rings. The van der Waals surface area contributed by atoms with E-state index in [0.29, 0.717) is 44.6 Å². The van der Waals surface area contributed by atoms with Crippen LogP contribution in [-0.2, 0) is 4.79 Å². The van der Waals surface area contributed by atoms with E-state index in [9.17, 15) is 19.2 Å². The van der Waals surface area contributed by atoms with Crippen LogP contribution in [0.25, 0.3) is 0 Å². The van der Waals surface area contributed by atoms with E-state index in [4.69, 9.17) is 0 Å². The van der Waals surface area contributed by atoms with Crippen molar-refractivity contribution in [2.24, 2.45) is 0 Å². The third-order valence-corrected chi connectivity index (χ3v) is 5.36.